The summed E-state index contributed by atoms with van der Waals surface area (Å²) >= 11 is 0. The molecule has 0 unspecified atom stereocenters. The minimum Gasteiger partial charge on any atom is -0.385 e. The monoisotopic (exact) mass is 405 g/mol. The number of aromatic nitrogens is 2. The van der Waals surface area contributed by atoms with Crippen molar-refractivity contribution < 1.29 is 13.2 Å². The van der Waals surface area contributed by atoms with E-state index in [0.29, 0.717) is 23.7 Å². The van der Waals surface area contributed by atoms with Gasteiger partial charge in [0, 0.05) is 57.4 Å². The third-order valence-electron chi connectivity index (χ3n) is 4.68. The first-order valence-electron chi connectivity index (χ1n) is 9.41. The summed E-state index contributed by atoms with van der Waals surface area (Å²) in [5.41, 5.74) is 0.988. The Morgan fingerprint density at radius 3 is 2.71 bits per heavy atom. The van der Waals surface area contributed by atoms with E-state index in [4.69, 9.17) is 0 Å². The largest absolute Gasteiger partial charge is 0.385 e. The summed E-state index contributed by atoms with van der Waals surface area (Å²) in [6, 6.07) is 4.73. The van der Waals surface area contributed by atoms with Gasteiger partial charge < -0.3 is 15.2 Å². The molecule has 0 radical (unpaired) electrons. The first-order chi connectivity index (χ1) is 13.4. The highest BCUT2D eigenvalue weighted by molar-refractivity contribution is 7.89. The lowest BCUT2D eigenvalue weighted by molar-refractivity contribution is 0.0952. The molecule has 0 bridgehead atoms. The van der Waals surface area contributed by atoms with E-state index >= 15 is 0 Å². The van der Waals surface area contributed by atoms with Gasteiger partial charge in [-0.2, -0.15) is 0 Å². The van der Waals surface area contributed by atoms with E-state index in [-0.39, 0.29) is 10.8 Å². The number of sulfonamides is 1. The normalized spacial score (nSPS) is 14.2. The van der Waals surface area contributed by atoms with E-state index in [9.17, 15) is 13.2 Å². The van der Waals surface area contributed by atoms with E-state index in [1.165, 1.54) is 33.0 Å². The summed E-state index contributed by atoms with van der Waals surface area (Å²) in [6.07, 6.45) is 8.44. The Hall–Kier alpha value is -2.39. The van der Waals surface area contributed by atoms with Crippen LogP contribution in [0.1, 0.15) is 29.6 Å². The minimum absolute atomic E-state index is 0.113. The molecule has 28 heavy (non-hydrogen) atoms. The fraction of sp³-hybridized carbons (Fsp3) is 0.474. The molecule has 0 saturated heterocycles. The number of imidazole rings is 1. The van der Waals surface area contributed by atoms with E-state index in [0.717, 1.165) is 23.8 Å². The van der Waals surface area contributed by atoms with Crippen LogP contribution >= 0.6 is 0 Å². The Morgan fingerprint density at radius 1 is 1.29 bits per heavy atom. The maximum atomic E-state index is 12.6. The number of carbonyl (C=O) groups is 1. The molecule has 152 valence electrons. The second kappa shape index (κ2) is 8.74. The molecule has 1 heterocycles. The maximum Gasteiger partial charge on any atom is 0.251 e. The summed E-state index contributed by atoms with van der Waals surface area (Å²) < 4.78 is 28.2. The van der Waals surface area contributed by atoms with Crippen molar-refractivity contribution in [2.45, 2.75) is 30.7 Å². The Kier molecular flexibility index (Phi) is 6.35. The van der Waals surface area contributed by atoms with E-state index in [1.807, 2.05) is 10.8 Å². The number of rotatable bonds is 10. The second-order valence-electron chi connectivity index (χ2n) is 7.27. The molecule has 8 nitrogen and oxygen atoms in total. The summed E-state index contributed by atoms with van der Waals surface area (Å²) in [7, 11) is -0.667. The van der Waals surface area contributed by atoms with Crippen LogP contribution in [-0.4, -0.2) is 55.4 Å². The van der Waals surface area contributed by atoms with Gasteiger partial charge in [0.25, 0.3) is 5.91 Å². The Labute approximate surface area is 166 Å². The van der Waals surface area contributed by atoms with Gasteiger partial charge in [-0.3, -0.25) is 4.79 Å². The van der Waals surface area contributed by atoms with Gasteiger partial charge in [0.2, 0.25) is 10.0 Å². The molecule has 1 aliphatic rings. The molecule has 3 rings (SSSR count). The van der Waals surface area contributed by atoms with Crippen molar-refractivity contribution in [1.82, 2.24) is 19.2 Å². The van der Waals surface area contributed by atoms with Gasteiger partial charge in [0.05, 0.1) is 11.2 Å². The molecule has 1 aromatic carbocycles. The molecule has 1 fully saturated rings. The maximum absolute atomic E-state index is 12.6. The van der Waals surface area contributed by atoms with Crippen LogP contribution in [0.15, 0.2) is 41.8 Å². The topological polar surface area (TPSA) is 96.3 Å². The molecular formula is C19H27N5O3S. The highest BCUT2D eigenvalue weighted by Crippen LogP contribution is 2.29. The van der Waals surface area contributed by atoms with Gasteiger partial charge in [-0.05, 0) is 43.4 Å². The zero-order valence-corrected chi connectivity index (χ0v) is 17.1. The number of nitrogens with zero attached hydrogens (tertiary/aromatic N) is 3. The van der Waals surface area contributed by atoms with Crippen molar-refractivity contribution >= 4 is 21.6 Å². The van der Waals surface area contributed by atoms with E-state index in [2.05, 4.69) is 15.6 Å². The molecule has 9 heteroatoms. The molecule has 1 aliphatic carbocycles. The number of anilines is 1. The smallest absolute Gasteiger partial charge is 0.251 e. The SMILES string of the molecule is CN(C)S(=O)(=O)c1cc(NCC2CC2)cc(C(=O)NCCCn2ccnc2)c1. The molecule has 0 spiro atoms. The van der Waals surface area contributed by atoms with Crippen molar-refractivity contribution in [3.63, 3.8) is 0 Å². The van der Waals surface area contributed by atoms with Gasteiger partial charge in [-0.1, -0.05) is 0 Å². The van der Waals surface area contributed by atoms with Crippen LogP contribution < -0.4 is 10.6 Å². The molecule has 1 saturated carbocycles. The summed E-state index contributed by atoms with van der Waals surface area (Å²) in [4.78, 5) is 16.7. The third kappa shape index (κ3) is 5.32. The number of benzene rings is 1. The fourth-order valence-corrected chi connectivity index (χ4v) is 3.73. The highest BCUT2D eigenvalue weighted by Gasteiger charge is 2.23. The van der Waals surface area contributed by atoms with Crippen LogP contribution in [0.2, 0.25) is 0 Å². The number of nitrogens with one attached hydrogen (secondary N) is 2. The predicted molar refractivity (Wildman–Crippen MR) is 108 cm³/mol. The predicted octanol–water partition coefficient (Wildman–Crippen LogP) is 1.78. The Balaban J connectivity index is 1.69. The lowest BCUT2D eigenvalue weighted by Crippen LogP contribution is -2.27. The lowest BCUT2D eigenvalue weighted by Gasteiger charge is -2.15. The van der Waals surface area contributed by atoms with Crippen molar-refractivity contribution in [3.8, 4) is 0 Å². The number of carbonyl (C=O) groups excluding carboxylic acids is 1. The van der Waals surface area contributed by atoms with Crippen LogP contribution in [0, 0.1) is 5.92 Å². The first kappa shape index (κ1) is 20.3. The zero-order valence-electron chi connectivity index (χ0n) is 16.3. The average Bonchev–Trinajstić information content (AvgIpc) is 3.36. The lowest BCUT2D eigenvalue weighted by atomic mass is 10.1. The summed E-state index contributed by atoms with van der Waals surface area (Å²) in [5.74, 6) is 0.352. The number of aryl methyl sites for hydroxylation is 1. The van der Waals surface area contributed by atoms with Crippen LogP contribution in [-0.2, 0) is 16.6 Å². The van der Waals surface area contributed by atoms with Crippen molar-refractivity contribution in [3.05, 3.63) is 42.5 Å². The molecular weight excluding hydrogens is 378 g/mol. The Morgan fingerprint density at radius 2 is 2.07 bits per heavy atom. The standard InChI is InChI=1S/C19H27N5O3S/c1-23(2)28(26,27)18-11-16(10-17(12-18)22-13-15-4-5-15)19(25)21-6-3-8-24-9-7-20-14-24/h7,9-12,14-15,22H,3-6,8,13H2,1-2H3,(H,21,25). The molecule has 1 aromatic heterocycles. The minimum atomic E-state index is -3.63. The summed E-state index contributed by atoms with van der Waals surface area (Å²) in [5, 5.41) is 6.13. The number of hydrogen-bond donors (Lipinski definition) is 2. The van der Waals surface area contributed by atoms with Crippen LogP contribution in [0.3, 0.4) is 0 Å². The highest BCUT2D eigenvalue weighted by atomic mass is 32.2. The van der Waals surface area contributed by atoms with Crippen LogP contribution in [0.4, 0.5) is 5.69 Å². The van der Waals surface area contributed by atoms with Crippen molar-refractivity contribution in [2.24, 2.45) is 5.92 Å². The molecule has 2 aromatic rings. The van der Waals surface area contributed by atoms with E-state index in [1.54, 1.807) is 24.7 Å². The first-order valence-corrected chi connectivity index (χ1v) is 10.9. The van der Waals surface area contributed by atoms with Gasteiger partial charge in [0.15, 0.2) is 0 Å². The fourth-order valence-electron chi connectivity index (χ4n) is 2.76. The van der Waals surface area contributed by atoms with Gasteiger partial charge in [0.1, 0.15) is 0 Å². The molecule has 0 aliphatic heterocycles. The van der Waals surface area contributed by atoms with Gasteiger partial charge >= 0.3 is 0 Å². The summed E-state index contributed by atoms with van der Waals surface area (Å²) in [6.45, 7) is 2.04. The number of hydrogen-bond acceptors (Lipinski definition) is 5. The molecule has 1 amide bonds. The second-order valence-corrected chi connectivity index (χ2v) is 9.42. The van der Waals surface area contributed by atoms with Gasteiger partial charge in [-0.15, -0.1) is 0 Å². The molecule has 0 atom stereocenters. The van der Waals surface area contributed by atoms with Crippen LogP contribution in [0.25, 0.3) is 0 Å². The molecule has 2 N–H and O–H groups in total. The zero-order chi connectivity index (χ0) is 20.1. The third-order valence-corrected chi connectivity index (χ3v) is 6.47. The quantitative estimate of drug-likeness (QED) is 0.588. The van der Waals surface area contributed by atoms with E-state index < -0.39 is 10.0 Å². The van der Waals surface area contributed by atoms with Crippen molar-refractivity contribution in [2.75, 3.05) is 32.5 Å². The van der Waals surface area contributed by atoms with Gasteiger partial charge in [-0.25, -0.2) is 17.7 Å². The number of amides is 1. The average molecular weight is 406 g/mol. The van der Waals surface area contributed by atoms with Crippen LogP contribution in [0.5, 0.6) is 0 Å². The Bertz CT molecular complexity index is 906. The van der Waals surface area contributed by atoms with Crippen molar-refractivity contribution in [1.29, 1.82) is 0 Å².